The molecule has 88 valence electrons. The van der Waals surface area contributed by atoms with Crippen LogP contribution in [-0.4, -0.2) is 30.4 Å². The van der Waals surface area contributed by atoms with Gasteiger partial charge >= 0.3 is 5.97 Å². The number of hydrogen-bond donors (Lipinski definition) is 2. The Morgan fingerprint density at radius 3 is 2.50 bits per heavy atom. The van der Waals surface area contributed by atoms with Gasteiger partial charge in [-0.05, 0) is 17.7 Å². The molecule has 1 aromatic rings. The Kier molecular flexibility index (Phi) is 4.13. The highest BCUT2D eigenvalue weighted by molar-refractivity contribution is 5.70. The van der Waals surface area contributed by atoms with Crippen LogP contribution in [0.4, 0.5) is 0 Å². The third-order valence-corrected chi connectivity index (χ3v) is 2.24. The topological polar surface area (TPSA) is 76.0 Å². The highest BCUT2D eigenvalue weighted by Gasteiger charge is 2.17. The monoisotopic (exact) mass is 226 g/mol. The number of esters is 1. The average molecular weight is 226 g/mol. The second-order valence-electron chi connectivity index (χ2n) is 3.25. The Labute approximate surface area is 93.2 Å². The van der Waals surface area contributed by atoms with Gasteiger partial charge in [0.2, 0.25) is 0 Å². The van der Waals surface area contributed by atoms with Crippen LogP contribution in [0.15, 0.2) is 18.2 Å². The third kappa shape index (κ3) is 2.87. The lowest BCUT2D eigenvalue weighted by atomic mass is 10.1. The molecule has 0 unspecified atom stereocenters. The Morgan fingerprint density at radius 2 is 2.00 bits per heavy atom. The summed E-state index contributed by atoms with van der Waals surface area (Å²) in [4.78, 5) is 11.1. The van der Waals surface area contributed by atoms with Gasteiger partial charge in [0, 0.05) is 7.11 Å². The first kappa shape index (κ1) is 12.3. The van der Waals surface area contributed by atoms with Crippen molar-refractivity contribution in [1.82, 2.24) is 0 Å². The van der Waals surface area contributed by atoms with E-state index in [1.165, 1.54) is 26.4 Å². The van der Waals surface area contributed by atoms with Gasteiger partial charge in [-0.15, -0.1) is 0 Å². The Balaban J connectivity index is 2.86. The molecule has 1 aromatic carbocycles. The summed E-state index contributed by atoms with van der Waals surface area (Å²) in [5, 5.41) is 18.5. The zero-order chi connectivity index (χ0) is 12.1. The Hall–Kier alpha value is -1.75. The van der Waals surface area contributed by atoms with Crippen molar-refractivity contribution in [3.8, 4) is 11.5 Å². The molecule has 0 aromatic heterocycles. The van der Waals surface area contributed by atoms with E-state index in [9.17, 15) is 9.90 Å². The normalized spacial score (nSPS) is 12.1. The van der Waals surface area contributed by atoms with Crippen LogP contribution in [0.2, 0.25) is 0 Å². The van der Waals surface area contributed by atoms with Crippen molar-refractivity contribution >= 4 is 5.97 Å². The van der Waals surface area contributed by atoms with Gasteiger partial charge in [0.25, 0.3) is 0 Å². The number of rotatable bonds is 4. The Bertz CT molecular complexity index is 375. The number of carbonyl (C=O) groups is 1. The van der Waals surface area contributed by atoms with Crippen LogP contribution in [0.3, 0.4) is 0 Å². The molecule has 2 N–H and O–H groups in total. The molecule has 0 bridgehead atoms. The van der Waals surface area contributed by atoms with Gasteiger partial charge < -0.3 is 19.7 Å². The number of methoxy groups -OCH3 is 2. The van der Waals surface area contributed by atoms with E-state index in [1.807, 2.05) is 0 Å². The molecule has 16 heavy (non-hydrogen) atoms. The fourth-order valence-corrected chi connectivity index (χ4v) is 1.31. The van der Waals surface area contributed by atoms with E-state index in [0.29, 0.717) is 5.56 Å². The molecule has 5 heteroatoms. The van der Waals surface area contributed by atoms with Gasteiger partial charge in [-0.2, -0.15) is 0 Å². The molecule has 0 amide bonds. The molecule has 5 nitrogen and oxygen atoms in total. The van der Waals surface area contributed by atoms with E-state index in [1.54, 1.807) is 6.07 Å². The van der Waals surface area contributed by atoms with Gasteiger partial charge in [0.1, 0.15) is 0 Å². The van der Waals surface area contributed by atoms with E-state index in [2.05, 4.69) is 4.74 Å². The summed E-state index contributed by atoms with van der Waals surface area (Å²) in [6.07, 6.45) is -0.448. The molecule has 0 spiro atoms. The standard InChI is InChI=1S/C11H14O5/c1-15-10(6-11(14)16-2)7-3-4-8(12)9(13)5-7/h3-5,10,12-13H,6H2,1-2H3/t10-/m1/s1. The van der Waals surface area contributed by atoms with Crippen LogP contribution in [0, 0.1) is 0 Å². The summed E-state index contributed by atoms with van der Waals surface area (Å²) in [6.45, 7) is 0. The first-order chi connectivity index (χ1) is 7.58. The molecule has 0 aliphatic heterocycles. The van der Waals surface area contributed by atoms with Crippen molar-refractivity contribution in [2.45, 2.75) is 12.5 Å². The number of ether oxygens (including phenoxy) is 2. The quantitative estimate of drug-likeness (QED) is 0.598. The van der Waals surface area contributed by atoms with Crippen molar-refractivity contribution in [1.29, 1.82) is 0 Å². The van der Waals surface area contributed by atoms with Crippen LogP contribution < -0.4 is 0 Å². The summed E-state index contributed by atoms with van der Waals surface area (Å²) in [5.74, 6) is -0.861. The number of phenols is 2. The lowest BCUT2D eigenvalue weighted by Gasteiger charge is -2.14. The predicted molar refractivity (Wildman–Crippen MR) is 56.2 cm³/mol. The van der Waals surface area contributed by atoms with E-state index in [0.717, 1.165) is 0 Å². The molecule has 0 saturated carbocycles. The minimum atomic E-state index is -0.501. The number of phenolic OH excluding ortho intramolecular Hbond substituents is 2. The third-order valence-electron chi connectivity index (χ3n) is 2.24. The van der Waals surface area contributed by atoms with Crippen molar-refractivity contribution in [2.24, 2.45) is 0 Å². The van der Waals surface area contributed by atoms with E-state index in [-0.39, 0.29) is 17.9 Å². The van der Waals surface area contributed by atoms with Crippen molar-refractivity contribution < 1.29 is 24.5 Å². The Morgan fingerprint density at radius 1 is 1.31 bits per heavy atom. The number of benzene rings is 1. The predicted octanol–water partition coefficient (Wildman–Crippen LogP) is 1.35. The highest BCUT2D eigenvalue weighted by atomic mass is 16.5. The lowest BCUT2D eigenvalue weighted by molar-refractivity contribution is -0.143. The maximum Gasteiger partial charge on any atom is 0.308 e. The first-order valence-corrected chi connectivity index (χ1v) is 4.70. The SMILES string of the molecule is COC(=O)C[C@@H](OC)c1ccc(O)c(O)c1. The maximum absolute atomic E-state index is 11.1. The molecule has 0 heterocycles. The van der Waals surface area contributed by atoms with Crippen LogP contribution >= 0.6 is 0 Å². The van der Waals surface area contributed by atoms with Crippen molar-refractivity contribution in [3.05, 3.63) is 23.8 Å². The summed E-state index contributed by atoms with van der Waals surface area (Å²) in [5.41, 5.74) is 0.600. The molecular formula is C11H14O5. The second kappa shape index (κ2) is 5.37. The number of aromatic hydroxyl groups is 2. The molecule has 1 atom stereocenters. The zero-order valence-electron chi connectivity index (χ0n) is 9.14. The smallest absolute Gasteiger partial charge is 0.308 e. The average Bonchev–Trinajstić information content (AvgIpc) is 2.29. The molecule has 1 rings (SSSR count). The van der Waals surface area contributed by atoms with Crippen molar-refractivity contribution in [3.63, 3.8) is 0 Å². The number of hydrogen-bond acceptors (Lipinski definition) is 5. The minimum absolute atomic E-state index is 0.0528. The van der Waals surface area contributed by atoms with Gasteiger partial charge in [-0.1, -0.05) is 6.07 Å². The molecular weight excluding hydrogens is 212 g/mol. The lowest BCUT2D eigenvalue weighted by Crippen LogP contribution is -2.10. The van der Waals surface area contributed by atoms with Crippen LogP contribution in [0.25, 0.3) is 0 Å². The summed E-state index contributed by atoms with van der Waals surface area (Å²) in [6, 6.07) is 4.27. The number of carbonyl (C=O) groups excluding carboxylic acids is 1. The summed E-state index contributed by atoms with van der Waals surface area (Å²) < 4.78 is 9.64. The minimum Gasteiger partial charge on any atom is -0.504 e. The maximum atomic E-state index is 11.1. The van der Waals surface area contributed by atoms with E-state index in [4.69, 9.17) is 9.84 Å². The van der Waals surface area contributed by atoms with Crippen molar-refractivity contribution in [2.75, 3.05) is 14.2 Å². The van der Waals surface area contributed by atoms with Gasteiger partial charge in [-0.25, -0.2) is 0 Å². The second-order valence-corrected chi connectivity index (χ2v) is 3.25. The van der Waals surface area contributed by atoms with E-state index < -0.39 is 12.1 Å². The van der Waals surface area contributed by atoms with Crippen LogP contribution in [-0.2, 0) is 14.3 Å². The van der Waals surface area contributed by atoms with Gasteiger partial charge in [0.15, 0.2) is 11.5 Å². The highest BCUT2D eigenvalue weighted by Crippen LogP contribution is 2.30. The zero-order valence-corrected chi connectivity index (χ0v) is 9.14. The first-order valence-electron chi connectivity index (χ1n) is 4.70. The molecule has 0 aliphatic carbocycles. The molecule has 0 fully saturated rings. The summed E-state index contributed by atoms with van der Waals surface area (Å²) >= 11 is 0. The molecule has 0 saturated heterocycles. The largest absolute Gasteiger partial charge is 0.504 e. The van der Waals surface area contributed by atoms with Crippen LogP contribution in [0.5, 0.6) is 11.5 Å². The molecule has 0 radical (unpaired) electrons. The van der Waals surface area contributed by atoms with Gasteiger partial charge in [-0.3, -0.25) is 4.79 Å². The van der Waals surface area contributed by atoms with Gasteiger partial charge in [0.05, 0.1) is 19.6 Å². The fourth-order valence-electron chi connectivity index (χ4n) is 1.31. The van der Waals surface area contributed by atoms with E-state index >= 15 is 0 Å². The summed E-state index contributed by atoms with van der Waals surface area (Å²) in [7, 11) is 2.75. The van der Waals surface area contributed by atoms with Crippen LogP contribution in [0.1, 0.15) is 18.1 Å². The fraction of sp³-hybridized carbons (Fsp3) is 0.364. The molecule has 0 aliphatic rings.